The molecular formula is C10H22N2S. The number of hydrogen-bond donors (Lipinski definition) is 1. The lowest BCUT2D eigenvalue weighted by molar-refractivity contribution is 0.307. The number of nitrogens with two attached hydrogens (primary N) is 1. The first-order valence-corrected chi connectivity index (χ1v) is 5.46. The van der Waals surface area contributed by atoms with Crippen LogP contribution in [0.2, 0.25) is 0 Å². The Morgan fingerprint density at radius 3 is 2.54 bits per heavy atom. The predicted octanol–water partition coefficient (Wildman–Crippen LogP) is 2.03. The normalized spacial score (nSPS) is 13.2. The molecule has 2 N–H and O–H groups in total. The van der Waals surface area contributed by atoms with Crippen LogP contribution in [0.3, 0.4) is 0 Å². The highest BCUT2D eigenvalue weighted by molar-refractivity contribution is 7.80. The molecule has 0 radical (unpaired) electrons. The lowest BCUT2D eigenvalue weighted by Crippen LogP contribution is -2.32. The van der Waals surface area contributed by atoms with Crippen molar-refractivity contribution < 1.29 is 0 Å². The fourth-order valence-electron chi connectivity index (χ4n) is 1.28. The molecule has 0 spiro atoms. The molecule has 0 aliphatic rings. The Morgan fingerprint density at radius 2 is 2.08 bits per heavy atom. The first kappa shape index (κ1) is 12.8. The molecule has 3 heteroatoms. The largest absolute Gasteiger partial charge is 0.393 e. The van der Waals surface area contributed by atoms with Crippen molar-refractivity contribution in [3.63, 3.8) is 0 Å². The molecular weight excluding hydrogens is 180 g/mol. The number of thiocarbonyl (C=S) groups is 1. The average molecular weight is 202 g/mol. The zero-order valence-corrected chi connectivity index (χ0v) is 9.86. The lowest BCUT2D eigenvalue weighted by atomic mass is 10.1. The maximum atomic E-state index is 5.54. The van der Waals surface area contributed by atoms with E-state index in [1.807, 2.05) is 0 Å². The van der Waals surface area contributed by atoms with Crippen LogP contribution >= 0.6 is 12.2 Å². The number of hydrogen-bond acceptors (Lipinski definition) is 2. The van der Waals surface area contributed by atoms with Crippen LogP contribution in [0.4, 0.5) is 0 Å². The molecule has 2 nitrogen and oxygen atoms in total. The van der Waals surface area contributed by atoms with Gasteiger partial charge >= 0.3 is 0 Å². The van der Waals surface area contributed by atoms with Crippen molar-refractivity contribution in [2.45, 2.75) is 33.1 Å². The van der Waals surface area contributed by atoms with Gasteiger partial charge in [0.25, 0.3) is 0 Å². The molecule has 0 fully saturated rings. The zero-order chi connectivity index (χ0) is 10.3. The minimum Gasteiger partial charge on any atom is -0.393 e. The SMILES string of the molecule is CCCCCN(C)CC(C)C(N)=S. The van der Waals surface area contributed by atoms with Crippen LogP contribution in [0, 0.1) is 5.92 Å². The van der Waals surface area contributed by atoms with E-state index in [4.69, 9.17) is 18.0 Å². The van der Waals surface area contributed by atoms with Crippen LogP contribution in [0.25, 0.3) is 0 Å². The van der Waals surface area contributed by atoms with Crippen LogP contribution < -0.4 is 5.73 Å². The minimum atomic E-state index is 0.335. The van der Waals surface area contributed by atoms with Gasteiger partial charge in [-0.05, 0) is 20.0 Å². The molecule has 1 atom stereocenters. The Kier molecular flexibility index (Phi) is 7.19. The third-order valence-electron chi connectivity index (χ3n) is 2.21. The summed E-state index contributed by atoms with van der Waals surface area (Å²) >= 11 is 4.92. The molecule has 0 aromatic carbocycles. The monoisotopic (exact) mass is 202 g/mol. The molecule has 78 valence electrons. The molecule has 0 aromatic heterocycles. The van der Waals surface area contributed by atoms with Gasteiger partial charge in [-0.3, -0.25) is 0 Å². The highest BCUT2D eigenvalue weighted by Gasteiger charge is 2.07. The average Bonchev–Trinajstić information content (AvgIpc) is 2.04. The topological polar surface area (TPSA) is 29.3 Å². The summed E-state index contributed by atoms with van der Waals surface area (Å²) in [6, 6.07) is 0. The molecule has 13 heavy (non-hydrogen) atoms. The van der Waals surface area contributed by atoms with Crippen molar-refractivity contribution >= 4 is 17.2 Å². The first-order valence-electron chi connectivity index (χ1n) is 5.05. The third kappa shape index (κ3) is 6.96. The van der Waals surface area contributed by atoms with Crippen molar-refractivity contribution in [3.8, 4) is 0 Å². The van der Waals surface area contributed by atoms with Crippen molar-refractivity contribution in [2.24, 2.45) is 11.7 Å². The van der Waals surface area contributed by atoms with Gasteiger partial charge in [-0.1, -0.05) is 38.9 Å². The first-order chi connectivity index (χ1) is 6.07. The Balaban J connectivity index is 3.49. The standard InChI is InChI=1S/C10H22N2S/c1-4-5-6-7-12(3)8-9(2)10(11)13/h9H,4-8H2,1-3H3,(H2,11,13). The van der Waals surface area contributed by atoms with Crippen LogP contribution in [0.5, 0.6) is 0 Å². The Labute approximate surface area is 87.5 Å². The van der Waals surface area contributed by atoms with Crippen LogP contribution in [0.1, 0.15) is 33.1 Å². The number of unbranched alkanes of at least 4 members (excludes halogenated alkanes) is 2. The lowest BCUT2D eigenvalue weighted by Gasteiger charge is -2.20. The van der Waals surface area contributed by atoms with E-state index in [9.17, 15) is 0 Å². The van der Waals surface area contributed by atoms with E-state index in [1.54, 1.807) is 0 Å². The predicted molar refractivity (Wildman–Crippen MR) is 63.0 cm³/mol. The minimum absolute atomic E-state index is 0.335. The summed E-state index contributed by atoms with van der Waals surface area (Å²) in [6.07, 6.45) is 3.86. The van der Waals surface area contributed by atoms with Gasteiger partial charge in [-0.2, -0.15) is 0 Å². The third-order valence-corrected chi connectivity index (χ3v) is 2.62. The van der Waals surface area contributed by atoms with Gasteiger partial charge in [0.1, 0.15) is 0 Å². The van der Waals surface area contributed by atoms with Crippen LogP contribution in [0.15, 0.2) is 0 Å². The second kappa shape index (κ2) is 7.27. The molecule has 0 aromatic rings. The Hall–Kier alpha value is -0.150. The van der Waals surface area contributed by atoms with E-state index < -0.39 is 0 Å². The number of rotatable bonds is 7. The molecule has 0 saturated carbocycles. The number of nitrogens with zero attached hydrogens (tertiary/aromatic N) is 1. The summed E-state index contributed by atoms with van der Waals surface area (Å²) in [4.78, 5) is 2.93. The maximum Gasteiger partial charge on any atom is 0.0768 e. The molecule has 1 unspecified atom stereocenters. The van der Waals surface area contributed by atoms with Gasteiger partial charge in [0.05, 0.1) is 4.99 Å². The van der Waals surface area contributed by atoms with Crippen molar-refractivity contribution in [1.82, 2.24) is 4.90 Å². The molecule has 0 bridgehead atoms. The van der Waals surface area contributed by atoms with Crippen LogP contribution in [-0.2, 0) is 0 Å². The summed E-state index contributed by atoms with van der Waals surface area (Å²) in [5.74, 6) is 0.335. The van der Waals surface area contributed by atoms with E-state index >= 15 is 0 Å². The zero-order valence-electron chi connectivity index (χ0n) is 9.05. The second-order valence-corrected chi connectivity index (χ2v) is 4.24. The van der Waals surface area contributed by atoms with Crippen LogP contribution in [-0.4, -0.2) is 30.0 Å². The van der Waals surface area contributed by atoms with Crippen molar-refractivity contribution in [3.05, 3.63) is 0 Å². The maximum absolute atomic E-state index is 5.54. The summed E-state index contributed by atoms with van der Waals surface area (Å²) in [7, 11) is 2.13. The van der Waals surface area contributed by atoms with Gasteiger partial charge in [0, 0.05) is 12.5 Å². The van der Waals surface area contributed by atoms with Crippen molar-refractivity contribution in [1.29, 1.82) is 0 Å². The van der Waals surface area contributed by atoms with E-state index in [-0.39, 0.29) is 0 Å². The van der Waals surface area contributed by atoms with Gasteiger partial charge in [0.2, 0.25) is 0 Å². The smallest absolute Gasteiger partial charge is 0.0768 e. The van der Waals surface area contributed by atoms with Gasteiger partial charge in [-0.25, -0.2) is 0 Å². The Morgan fingerprint density at radius 1 is 1.46 bits per heavy atom. The fourth-order valence-corrected chi connectivity index (χ4v) is 1.36. The summed E-state index contributed by atoms with van der Waals surface area (Å²) in [6.45, 7) is 6.44. The molecule has 0 heterocycles. The molecule has 0 amide bonds. The summed E-state index contributed by atoms with van der Waals surface area (Å²) in [5, 5.41) is 0. The van der Waals surface area contributed by atoms with Gasteiger partial charge in [0.15, 0.2) is 0 Å². The van der Waals surface area contributed by atoms with E-state index in [0.717, 1.165) is 13.1 Å². The van der Waals surface area contributed by atoms with Gasteiger partial charge < -0.3 is 10.6 Å². The highest BCUT2D eigenvalue weighted by atomic mass is 32.1. The summed E-state index contributed by atoms with van der Waals surface area (Å²) in [5.41, 5.74) is 5.54. The molecule has 0 aliphatic carbocycles. The highest BCUT2D eigenvalue weighted by Crippen LogP contribution is 2.01. The second-order valence-electron chi connectivity index (χ2n) is 3.77. The molecule has 0 rings (SSSR count). The van der Waals surface area contributed by atoms with E-state index in [0.29, 0.717) is 10.9 Å². The Bertz CT molecular complexity index is 148. The molecule has 0 aliphatic heterocycles. The summed E-state index contributed by atoms with van der Waals surface area (Å²) < 4.78 is 0. The quantitative estimate of drug-likeness (QED) is 0.506. The molecule has 0 saturated heterocycles. The van der Waals surface area contributed by atoms with Gasteiger partial charge in [-0.15, -0.1) is 0 Å². The van der Waals surface area contributed by atoms with E-state index in [1.165, 1.54) is 19.3 Å². The fraction of sp³-hybridized carbons (Fsp3) is 0.900. The van der Waals surface area contributed by atoms with E-state index in [2.05, 4.69) is 25.8 Å². The van der Waals surface area contributed by atoms with Crippen molar-refractivity contribution in [2.75, 3.05) is 20.1 Å².